The first kappa shape index (κ1) is 14.9. The second-order valence-corrected chi connectivity index (χ2v) is 4.96. The van der Waals surface area contributed by atoms with Crippen LogP contribution in [-0.4, -0.2) is 15.6 Å². The van der Waals surface area contributed by atoms with E-state index in [1.165, 1.54) is 25.7 Å². The fraction of sp³-hybridized carbons (Fsp3) is 0.733. The predicted molar refractivity (Wildman–Crippen MR) is 75.1 cm³/mol. The van der Waals surface area contributed by atoms with Gasteiger partial charge in [-0.15, -0.1) is 0 Å². The van der Waals surface area contributed by atoms with Gasteiger partial charge in [0, 0.05) is 18.7 Å². The first-order chi connectivity index (χ1) is 8.61. The summed E-state index contributed by atoms with van der Waals surface area (Å²) in [7, 11) is 0. The van der Waals surface area contributed by atoms with Crippen LogP contribution in [0.15, 0.2) is 0 Å². The zero-order chi connectivity index (χ0) is 13.5. The van der Waals surface area contributed by atoms with Gasteiger partial charge in [0.25, 0.3) is 0 Å². The molecule has 0 aliphatic rings. The molecule has 1 rings (SSSR count). The number of Topliss-reactive ketones (excluding diaryl/α,β-unsaturated/α-hetero) is 1. The van der Waals surface area contributed by atoms with E-state index in [0.29, 0.717) is 6.42 Å². The van der Waals surface area contributed by atoms with Gasteiger partial charge in [0.15, 0.2) is 5.78 Å². The maximum Gasteiger partial charge on any atom is 0.166 e. The number of carbonyl (C=O) groups is 1. The van der Waals surface area contributed by atoms with Gasteiger partial charge in [0.2, 0.25) is 0 Å². The minimum absolute atomic E-state index is 0.210. The molecule has 0 spiro atoms. The van der Waals surface area contributed by atoms with Crippen LogP contribution in [0.5, 0.6) is 0 Å². The van der Waals surface area contributed by atoms with E-state index in [1.807, 2.05) is 25.5 Å². The van der Waals surface area contributed by atoms with Gasteiger partial charge in [-0.1, -0.05) is 39.5 Å². The molecule has 1 aromatic rings. The van der Waals surface area contributed by atoms with Crippen molar-refractivity contribution in [1.82, 2.24) is 9.78 Å². The molecule has 0 aromatic carbocycles. The van der Waals surface area contributed by atoms with Crippen LogP contribution in [0, 0.1) is 13.8 Å². The molecule has 0 radical (unpaired) electrons. The van der Waals surface area contributed by atoms with Gasteiger partial charge in [0.05, 0.1) is 11.3 Å². The van der Waals surface area contributed by atoms with Gasteiger partial charge < -0.3 is 0 Å². The van der Waals surface area contributed by atoms with Crippen LogP contribution in [0.1, 0.15) is 74.1 Å². The topological polar surface area (TPSA) is 34.9 Å². The van der Waals surface area contributed by atoms with Crippen molar-refractivity contribution in [3.05, 3.63) is 17.0 Å². The van der Waals surface area contributed by atoms with Crippen LogP contribution in [0.2, 0.25) is 0 Å². The van der Waals surface area contributed by atoms with E-state index in [4.69, 9.17) is 0 Å². The molecule has 0 saturated carbocycles. The fourth-order valence-corrected chi connectivity index (χ4v) is 2.36. The van der Waals surface area contributed by atoms with Crippen LogP contribution in [0.4, 0.5) is 0 Å². The average molecular weight is 250 g/mol. The van der Waals surface area contributed by atoms with Crippen LogP contribution in [-0.2, 0) is 6.54 Å². The number of ketones is 1. The summed E-state index contributed by atoms with van der Waals surface area (Å²) in [6, 6.07) is 0. The SMILES string of the molecule is CCCCCCCn1nc(C)c(C(=O)CC)c1C. The molecule has 0 saturated heterocycles. The molecular weight excluding hydrogens is 224 g/mol. The molecule has 0 aliphatic carbocycles. The van der Waals surface area contributed by atoms with Crippen molar-refractivity contribution in [1.29, 1.82) is 0 Å². The lowest BCUT2D eigenvalue weighted by molar-refractivity contribution is 0.0987. The Labute approximate surface area is 111 Å². The van der Waals surface area contributed by atoms with Crippen LogP contribution < -0.4 is 0 Å². The number of nitrogens with zero attached hydrogens (tertiary/aromatic N) is 2. The number of rotatable bonds is 8. The normalized spacial score (nSPS) is 10.9. The Bertz CT molecular complexity index is 393. The fourth-order valence-electron chi connectivity index (χ4n) is 2.36. The molecule has 0 atom stereocenters. The number of carbonyl (C=O) groups excluding carboxylic acids is 1. The molecule has 1 heterocycles. The largest absolute Gasteiger partial charge is 0.294 e. The zero-order valence-electron chi connectivity index (χ0n) is 12.3. The Morgan fingerprint density at radius 1 is 1.11 bits per heavy atom. The van der Waals surface area contributed by atoms with Crippen molar-refractivity contribution in [3.63, 3.8) is 0 Å². The van der Waals surface area contributed by atoms with Gasteiger partial charge in [-0.25, -0.2) is 0 Å². The third kappa shape index (κ3) is 3.69. The Morgan fingerprint density at radius 3 is 2.39 bits per heavy atom. The van der Waals surface area contributed by atoms with E-state index in [9.17, 15) is 4.79 Å². The molecular formula is C15H26N2O. The van der Waals surface area contributed by atoms with Crippen molar-refractivity contribution in [2.45, 2.75) is 72.8 Å². The third-order valence-electron chi connectivity index (χ3n) is 3.45. The molecule has 0 amide bonds. The molecule has 18 heavy (non-hydrogen) atoms. The molecule has 0 bridgehead atoms. The number of aromatic nitrogens is 2. The highest BCUT2D eigenvalue weighted by molar-refractivity contribution is 5.97. The van der Waals surface area contributed by atoms with Crippen LogP contribution in [0.25, 0.3) is 0 Å². The minimum atomic E-state index is 0.210. The Hall–Kier alpha value is -1.12. The molecule has 3 heteroatoms. The summed E-state index contributed by atoms with van der Waals surface area (Å²) in [5, 5.41) is 4.49. The van der Waals surface area contributed by atoms with Gasteiger partial charge >= 0.3 is 0 Å². The van der Waals surface area contributed by atoms with E-state index in [0.717, 1.165) is 29.9 Å². The van der Waals surface area contributed by atoms with Gasteiger partial charge in [0.1, 0.15) is 0 Å². The number of hydrogen-bond donors (Lipinski definition) is 0. The quantitative estimate of drug-likeness (QED) is 0.515. The van der Waals surface area contributed by atoms with Gasteiger partial charge in [-0.2, -0.15) is 5.10 Å². The van der Waals surface area contributed by atoms with Gasteiger partial charge in [-0.05, 0) is 20.3 Å². The molecule has 0 aliphatic heterocycles. The summed E-state index contributed by atoms with van der Waals surface area (Å²) >= 11 is 0. The lowest BCUT2D eigenvalue weighted by Crippen LogP contribution is -2.05. The van der Waals surface area contributed by atoms with E-state index < -0.39 is 0 Å². The first-order valence-electron chi connectivity index (χ1n) is 7.19. The Morgan fingerprint density at radius 2 is 1.78 bits per heavy atom. The molecule has 102 valence electrons. The predicted octanol–water partition coefficient (Wildman–Crippen LogP) is 4.06. The second kappa shape index (κ2) is 7.34. The third-order valence-corrected chi connectivity index (χ3v) is 3.45. The van der Waals surface area contributed by atoms with Gasteiger partial charge in [-0.3, -0.25) is 9.48 Å². The first-order valence-corrected chi connectivity index (χ1v) is 7.19. The van der Waals surface area contributed by atoms with Crippen molar-refractivity contribution in [2.75, 3.05) is 0 Å². The highest BCUT2D eigenvalue weighted by atomic mass is 16.1. The monoisotopic (exact) mass is 250 g/mol. The van der Waals surface area contributed by atoms with E-state index in [-0.39, 0.29) is 5.78 Å². The number of unbranched alkanes of at least 4 members (excludes halogenated alkanes) is 4. The van der Waals surface area contributed by atoms with Crippen molar-refractivity contribution < 1.29 is 4.79 Å². The summed E-state index contributed by atoms with van der Waals surface area (Å²) < 4.78 is 2.00. The van der Waals surface area contributed by atoms with Crippen LogP contribution >= 0.6 is 0 Å². The van der Waals surface area contributed by atoms with E-state index in [1.54, 1.807) is 0 Å². The lowest BCUT2D eigenvalue weighted by Gasteiger charge is -2.05. The van der Waals surface area contributed by atoms with Crippen molar-refractivity contribution in [3.8, 4) is 0 Å². The zero-order valence-corrected chi connectivity index (χ0v) is 12.3. The highest BCUT2D eigenvalue weighted by Gasteiger charge is 2.16. The smallest absolute Gasteiger partial charge is 0.166 e. The summed E-state index contributed by atoms with van der Waals surface area (Å²) in [4.78, 5) is 11.8. The van der Waals surface area contributed by atoms with E-state index in [2.05, 4.69) is 12.0 Å². The molecule has 3 nitrogen and oxygen atoms in total. The Kier molecular flexibility index (Phi) is 6.10. The van der Waals surface area contributed by atoms with E-state index >= 15 is 0 Å². The van der Waals surface area contributed by atoms with Crippen molar-refractivity contribution >= 4 is 5.78 Å². The standard InChI is InChI=1S/C15H26N2O/c1-5-7-8-9-10-11-17-13(4)15(12(3)16-17)14(18)6-2/h5-11H2,1-4H3. The molecule has 1 aromatic heterocycles. The second-order valence-electron chi connectivity index (χ2n) is 4.96. The number of aryl methyl sites for hydroxylation is 2. The Balaban J connectivity index is 2.59. The average Bonchev–Trinajstić information content (AvgIpc) is 2.63. The molecule has 0 N–H and O–H groups in total. The molecule has 0 unspecified atom stereocenters. The number of hydrogen-bond acceptors (Lipinski definition) is 2. The van der Waals surface area contributed by atoms with Crippen LogP contribution in [0.3, 0.4) is 0 Å². The maximum absolute atomic E-state index is 11.8. The molecule has 0 fully saturated rings. The maximum atomic E-state index is 11.8. The summed E-state index contributed by atoms with van der Waals surface area (Å²) in [5.74, 6) is 0.210. The summed E-state index contributed by atoms with van der Waals surface area (Å²) in [5.41, 5.74) is 2.76. The summed E-state index contributed by atoms with van der Waals surface area (Å²) in [6.45, 7) is 9.01. The minimum Gasteiger partial charge on any atom is -0.294 e. The highest BCUT2D eigenvalue weighted by Crippen LogP contribution is 2.16. The van der Waals surface area contributed by atoms with Crippen molar-refractivity contribution in [2.24, 2.45) is 0 Å². The lowest BCUT2D eigenvalue weighted by atomic mass is 10.1. The summed E-state index contributed by atoms with van der Waals surface area (Å²) in [6.07, 6.45) is 6.86.